The number of methoxy groups -OCH3 is 1. The summed E-state index contributed by atoms with van der Waals surface area (Å²) >= 11 is 7.37. The van der Waals surface area contributed by atoms with E-state index in [0.717, 1.165) is 16.9 Å². The van der Waals surface area contributed by atoms with Gasteiger partial charge in [0.2, 0.25) is 0 Å². The minimum atomic E-state index is -0.358. The summed E-state index contributed by atoms with van der Waals surface area (Å²) in [7, 11) is 1.36. The molecule has 1 aliphatic rings. The minimum absolute atomic E-state index is 0.0133. The van der Waals surface area contributed by atoms with Gasteiger partial charge in [0.1, 0.15) is 0 Å². The highest BCUT2D eigenvalue weighted by molar-refractivity contribution is 7.19. The Hall–Kier alpha value is -3.16. The second kappa shape index (κ2) is 10.2. The topological polar surface area (TPSA) is 84.5 Å². The van der Waals surface area contributed by atoms with Crippen LogP contribution in [0.15, 0.2) is 60.7 Å². The molecule has 6 nitrogen and oxygen atoms in total. The SMILES string of the molecule is COC(=O)[C@@H]1CCC[C@H]1C(=O)c1ccc(-c2ccc(NC(=O)Nc3cccc(Cl)c3)s2)cc1. The molecule has 170 valence electrons. The predicted octanol–water partition coefficient (Wildman–Crippen LogP) is 6.48. The van der Waals surface area contributed by atoms with Gasteiger partial charge in [-0.3, -0.25) is 14.9 Å². The molecule has 0 radical (unpaired) electrons. The van der Waals surface area contributed by atoms with Crippen molar-refractivity contribution < 1.29 is 19.1 Å². The van der Waals surface area contributed by atoms with Crippen molar-refractivity contribution >= 4 is 51.4 Å². The van der Waals surface area contributed by atoms with Gasteiger partial charge >= 0.3 is 12.0 Å². The number of carbonyl (C=O) groups is 3. The third-order valence-electron chi connectivity index (χ3n) is 5.74. The van der Waals surface area contributed by atoms with E-state index in [1.807, 2.05) is 24.3 Å². The van der Waals surface area contributed by atoms with Crippen molar-refractivity contribution in [2.24, 2.45) is 11.8 Å². The largest absolute Gasteiger partial charge is 0.469 e. The Morgan fingerprint density at radius 2 is 1.73 bits per heavy atom. The van der Waals surface area contributed by atoms with Crippen LogP contribution >= 0.6 is 22.9 Å². The summed E-state index contributed by atoms with van der Waals surface area (Å²) in [5, 5.41) is 6.79. The molecule has 1 aliphatic carbocycles. The minimum Gasteiger partial charge on any atom is -0.469 e. The number of esters is 1. The van der Waals surface area contributed by atoms with Crippen LogP contribution in [-0.2, 0) is 9.53 Å². The quantitative estimate of drug-likeness (QED) is 0.311. The predicted molar refractivity (Wildman–Crippen MR) is 131 cm³/mol. The third-order valence-corrected chi connectivity index (χ3v) is 7.02. The third kappa shape index (κ3) is 5.43. The van der Waals surface area contributed by atoms with E-state index < -0.39 is 0 Å². The Labute approximate surface area is 200 Å². The summed E-state index contributed by atoms with van der Waals surface area (Å²) in [6.07, 6.45) is 2.25. The van der Waals surface area contributed by atoms with E-state index in [-0.39, 0.29) is 29.6 Å². The molecule has 0 spiro atoms. The molecular formula is C25H23ClN2O4S. The zero-order valence-electron chi connectivity index (χ0n) is 18.0. The van der Waals surface area contributed by atoms with Crippen LogP contribution in [0.3, 0.4) is 0 Å². The normalized spacial score (nSPS) is 17.4. The smallest absolute Gasteiger partial charge is 0.324 e. The monoisotopic (exact) mass is 482 g/mol. The Morgan fingerprint density at radius 1 is 0.970 bits per heavy atom. The number of anilines is 2. The van der Waals surface area contributed by atoms with Crippen molar-refractivity contribution in [3.63, 3.8) is 0 Å². The number of ether oxygens (including phenoxy) is 1. The van der Waals surface area contributed by atoms with Crippen LogP contribution in [0.1, 0.15) is 29.6 Å². The van der Waals surface area contributed by atoms with Crippen LogP contribution in [-0.4, -0.2) is 24.9 Å². The zero-order chi connectivity index (χ0) is 23.4. The maximum atomic E-state index is 13.0. The second-order valence-corrected chi connectivity index (χ2v) is 9.38. The lowest BCUT2D eigenvalue weighted by atomic mass is 9.88. The number of urea groups is 1. The molecule has 2 atom stereocenters. The molecule has 2 aromatic carbocycles. The fourth-order valence-corrected chi connectivity index (χ4v) is 5.22. The summed E-state index contributed by atoms with van der Waals surface area (Å²) in [4.78, 5) is 38.1. The maximum absolute atomic E-state index is 13.0. The fourth-order valence-electron chi connectivity index (χ4n) is 4.12. The van der Waals surface area contributed by atoms with Gasteiger partial charge in [0.15, 0.2) is 5.78 Å². The Morgan fingerprint density at radius 3 is 2.45 bits per heavy atom. The molecule has 33 heavy (non-hydrogen) atoms. The molecule has 4 rings (SSSR count). The van der Waals surface area contributed by atoms with E-state index >= 15 is 0 Å². The average Bonchev–Trinajstić information content (AvgIpc) is 3.48. The van der Waals surface area contributed by atoms with E-state index in [1.54, 1.807) is 36.4 Å². The number of Topliss-reactive ketones (excluding diaryl/α,β-unsaturated/α-hetero) is 1. The maximum Gasteiger partial charge on any atom is 0.324 e. The van der Waals surface area contributed by atoms with Gasteiger partial charge in [0, 0.05) is 27.1 Å². The van der Waals surface area contributed by atoms with Crippen molar-refractivity contribution in [2.45, 2.75) is 19.3 Å². The first-order valence-corrected chi connectivity index (χ1v) is 11.8. The number of hydrogen-bond acceptors (Lipinski definition) is 5. The van der Waals surface area contributed by atoms with Crippen LogP contribution < -0.4 is 10.6 Å². The molecule has 0 bridgehead atoms. The Kier molecular flexibility index (Phi) is 7.11. The lowest BCUT2D eigenvalue weighted by Crippen LogP contribution is -2.26. The highest BCUT2D eigenvalue weighted by atomic mass is 35.5. The molecule has 0 aliphatic heterocycles. The van der Waals surface area contributed by atoms with Gasteiger partial charge in [0.05, 0.1) is 18.0 Å². The van der Waals surface area contributed by atoms with E-state index in [4.69, 9.17) is 16.3 Å². The number of rotatable bonds is 6. The summed E-state index contributed by atoms with van der Waals surface area (Å²) in [6, 6.07) is 17.7. The number of nitrogens with one attached hydrogen (secondary N) is 2. The van der Waals surface area contributed by atoms with Gasteiger partial charge in [-0.25, -0.2) is 4.79 Å². The van der Waals surface area contributed by atoms with Crippen LogP contribution in [0.5, 0.6) is 0 Å². The van der Waals surface area contributed by atoms with Gasteiger partial charge in [-0.1, -0.05) is 48.4 Å². The molecule has 1 aromatic heterocycles. The van der Waals surface area contributed by atoms with Crippen molar-refractivity contribution in [1.82, 2.24) is 0 Å². The molecule has 3 aromatic rings. The summed E-state index contributed by atoms with van der Waals surface area (Å²) in [5.41, 5.74) is 2.14. The Bertz CT molecular complexity index is 1180. The van der Waals surface area contributed by atoms with Gasteiger partial charge in [-0.05, 0) is 48.7 Å². The van der Waals surface area contributed by atoms with Crippen molar-refractivity contribution in [3.8, 4) is 10.4 Å². The van der Waals surface area contributed by atoms with Crippen molar-refractivity contribution in [1.29, 1.82) is 0 Å². The van der Waals surface area contributed by atoms with Crippen LogP contribution in [0.2, 0.25) is 5.02 Å². The van der Waals surface area contributed by atoms with E-state index in [9.17, 15) is 14.4 Å². The summed E-state index contributed by atoms with van der Waals surface area (Å²) in [6.45, 7) is 0. The number of thiophene rings is 1. The van der Waals surface area contributed by atoms with Gasteiger partial charge < -0.3 is 10.1 Å². The highest BCUT2D eigenvalue weighted by Crippen LogP contribution is 2.36. The van der Waals surface area contributed by atoms with Crippen LogP contribution in [0.4, 0.5) is 15.5 Å². The lowest BCUT2D eigenvalue weighted by Gasteiger charge is -2.16. The first-order valence-electron chi connectivity index (χ1n) is 10.6. The van der Waals surface area contributed by atoms with Crippen LogP contribution in [0.25, 0.3) is 10.4 Å². The van der Waals surface area contributed by atoms with Gasteiger partial charge in [0.25, 0.3) is 0 Å². The van der Waals surface area contributed by atoms with Crippen molar-refractivity contribution in [2.75, 3.05) is 17.7 Å². The Balaban J connectivity index is 1.40. The number of benzene rings is 2. The van der Waals surface area contributed by atoms with E-state index in [1.165, 1.54) is 18.4 Å². The number of hydrogen-bond donors (Lipinski definition) is 2. The van der Waals surface area contributed by atoms with Crippen LogP contribution in [0, 0.1) is 11.8 Å². The molecule has 1 saturated carbocycles. The highest BCUT2D eigenvalue weighted by Gasteiger charge is 2.38. The lowest BCUT2D eigenvalue weighted by molar-refractivity contribution is -0.146. The molecule has 2 N–H and O–H groups in total. The standard InChI is InChI=1S/C25H23ClN2O4S/c1-32-24(30)20-7-3-6-19(20)23(29)16-10-8-15(9-11-16)21-12-13-22(33-21)28-25(31)27-18-5-2-4-17(26)14-18/h2,4-5,8-14,19-20H,3,6-7H2,1H3,(H2,27,28,31)/t19-,20-/m1/s1. The van der Waals surface area contributed by atoms with Crippen molar-refractivity contribution in [3.05, 3.63) is 71.2 Å². The van der Waals surface area contributed by atoms with Gasteiger partial charge in [-0.15, -0.1) is 11.3 Å². The summed E-state index contributed by atoms with van der Waals surface area (Å²) < 4.78 is 4.87. The second-order valence-electron chi connectivity index (χ2n) is 7.86. The molecule has 1 fully saturated rings. The summed E-state index contributed by atoms with van der Waals surface area (Å²) in [5.74, 6) is -0.994. The molecule has 1 heterocycles. The number of carbonyl (C=O) groups excluding carboxylic acids is 3. The van der Waals surface area contributed by atoms with E-state index in [2.05, 4.69) is 10.6 Å². The fraction of sp³-hybridized carbons (Fsp3) is 0.240. The zero-order valence-corrected chi connectivity index (χ0v) is 19.5. The molecule has 2 amide bonds. The number of halogens is 1. The molecule has 8 heteroatoms. The first-order chi connectivity index (χ1) is 15.9. The number of amides is 2. The molecule has 0 unspecified atom stereocenters. The van der Waals surface area contributed by atoms with Gasteiger partial charge in [-0.2, -0.15) is 0 Å². The molecular weight excluding hydrogens is 460 g/mol. The first kappa shape index (κ1) is 23.0. The molecule has 0 saturated heterocycles. The number of ketones is 1. The average molecular weight is 483 g/mol. The van der Waals surface area contributed by atoms with E-state index in [0.29, 0.717) is 34.1 Å².